The molecule has 0 radical (unpaired) electrons. The number of nitrogens with zero attached hydrogens (tertiary/aromatic N) is 2. The molecule has 0 aliphatic heterocycles. The maximum absolute atomic E-state index is 4.54. The van der Waals surface area contributed by atoms with Crippen LogP contribution in [0.3, 0.4) is 0 Å². The number of rotatable bonds is 5. The molecule has 0 aromatic carbocycles. The van der Waals surface area contributed by atoms with Gasteiger partial charge in [-0.3, -0.25) is 0 Å². The molecule has 1 aromatic rings. The van der Waals surface area contributed by atoms with Gasteiger partial charge in [-0.25, -0.2) is 4.98 Å². The molecule has 1 aromatic heterocycles. The van der Waals surface area contributed by atoms with Gasteiger partial charge in [-0.1, -0.05) is 33.6 Å². The summed E-state index contributed by atoms with van der Waals surface area (Å²) in [6, 6.07) is 2.47. The summed E-state index contributed by atoms with van der Waals surface area (Å²) < 4.78 is 0. The van der Waals surface area contributed by atoms with E-state index in [1.165, 1.54) is 25.7 Å². The summed E-state index contributed by atoms with van der Waals surface area (Å²) in [7, 11) is 0. The van der Waals surface area contributed by atoms with Gasteiger partial charge in [0.15, 0.2) is 0 Å². The van der Waals surface area contributed by atoms with Crippen molar-refractivity contribution in [2.45, 2.75) is 58.9 Å². The maximum Gasteiger partial charge on any atom is 0.224 e. The first-order valence-corrected chi connectivity index (χ1v) is 7.45. The van der Waals surface area contributed by atoms with Crippen molar-refractivity contribution >= 4 is 11.8 Å². The van der Waals surface area contributed by atoms with Crippen molar-refractivity contribution in [3.8, 4) is 0 Å². The van der Waals surface area contributed by atoms with Crippen LogP contribution in [0.15, 0.2) is 12.3 Å². The maximum atomic E-state index is 4.54. The van der Waals surface area contributed by atoms with Gasteiger partial charge in [0.1, 0.15) is 5.82 Å². The van der Waals surface area contributed by atoms with E-state index < -0.39 is 0 Å². The molecule has 19 heavy (non-hydrogen) atoms. The monoisotopic (exact) mass is 262 g/mol. The van der Waals surface area contributed by atoms with E-state index in [2.05, 4.69) is 41.4 Å². The molecular weight excluding hydrogens is 236 g/mol. The summed E-state index contributed by atoms with van der Waals surface area (Å²) in [5, 5.41) is 6.83. The molecule has 2 rings (SSSR count). The van der Waals surface area contributed by atoms with Crippen LogP contribution in [0.1, 0.15) is 52.9 Å². The van der Waals surface area contributed by atoms with Gasteiger partial charge in [0, 0.05) is 18.8 Å². The second kappa shape index (κ2) is 6.22. The Kier molecular flexibility index (Phi) is 4.61. The molecule has 0 amide bonds. The first-order valence-electron chi connectivity index (χ1n) is 7.45. The summed E-state index contributed by atoms with van der Waals surface area (Å²) in [5.74, 6) is 1.66. The molecule has 0 bridgehead atoms. The van der Waals surface area contributed by atoms with Crippen LogP contribution in [0.2, 0.25) is 0 Å². The molecule has 1 aliphatic carbocycles. The SMILES string of the molecule is CCCNc1nccc(NC2CCCCC2(C)C)n1. The van der Waals surface area contributed by atoms with E-state index in [9.17, 15) is 0 Å². The van der Waals surface area contributed by atoms with Crippen LogP contribution in [0, 0.1) is 5.41 Å². The minimum absolute atomic E-state index is 0.347. The van der Waals surface area contributed by atoms with Crippen LogP contribution in [-0.4, -0.2) is 22.6 Å². The Balaban J connectivity index is 2.01. The van der Waals surface area contributed by atoms with Crippen molar-refractivity contribution < 1.29 is 0 Å². The molecule has 1 unspecified atom stereocenters. The van der Waals surface area contributed by atoms with Gasteiger partial charge in [-0.2, -0.15) is 4.98 Å². The minimum Gasteiger partial charge on any atom is -0.367 e. The Morgan fingerprint density at radius 2 is 2.21 bits per heavy atom. The molecule has 1 aliphatic rings. The molecular formula is C15H26N4. The van der Waals surface area contributed by atoms with Crippen LogP contribution in [0.5, 0.6) is 0 Å². The highest BCUT2D eigenvalue weighted by atomic mass is 15.1. The highest BCUT2D eigenvalue weighted by Crippen LogP contribution is 2.36. The van der Waals surface area contributed by atoms with Crippen molar-refractivity contribution in [3.63, 3.8) is 0 Å². The van der Waals surface area contributed by atoms with E-state index in [-0.39, 0.29) is 0 Å². The molecule has 106 valence electrons. The van der Waals surface area contributed by atoms with Gasteiger partial charge in [-0.15, -0.1) is 0 Å². The molecule has 0 saturated heterocycles. The van der Waals surface area contributed by atoms with Crippen LogP contribution in [0.25, 0.3) is 0 Å². The van der Waals surface area contributed by atoms with Crippen LogP contribution >= 0.6 is 0 Å². The summed E-state index contributed by atoms with van der Waals surface area (Å²) in [6.45, 7) is 7.75. The number of hydrogen-bond donors (Lipinski definition) is 2. The number of anilines is 2. The second-order valence-corrected chi connectivity index (χ2v) is 6.12. The third kappa shape index (κ3) is 3.82. The van der Waals surface area contributed by atoms with Crippen LogP contribution < -0.4 is 10.6 Å². The lowest BCUT2D eigenvalue weighted by molar-refractivity contribution is 0.216. The highest BCUT2D eigenvalue weighted by Gasteiger charge is 2.32. The summed E-state index contributed by atoms with van der Waals surface area (Å²) in [4.78, 5) is 8.78. The molecule has 4 nitrogen and oxygen atoms in total. The smallest absolute Gasteiger partial charge is 0.224 e. The number of nitrogens with one attached hydrogen (secondary N) is 2. The Labute approximate surface area is 116 Å². The largest absolute Gasteiger partial charge is 0.367 e. The second-order valence-electron chi connectivity index (χ2n) is 6.12. The van der Waals surface area contributed by atoms with E-state index in [0.29, 0.717) is 11.5 Å². The van der Waals surface area contributed by atoms with E-state index in [0.717, 1.165) is 24.7 Å². The number of aromatic nitrogens is 2. The quantitative estimate of drug-likeness (QED) is 0.850. The average Bonchev–Trinajstić information content (AvgIpc) is 2.39. The standard InChI is InChI=1S/C15H26N4/c1-4-10-16-14-17-11-8-13(19-14)18-12-7-5-6-9-15(12,2)3/h8,11-12H,4-7,9-10H2,1-3H3,(H2,16,17,18,19). The van der Waals surface area contributed by atoms with Crippen molar-refractivity contribution in [2.24, 2.45) is 5.41 Å². The molecule has 1 heterocycles. The van der Waals surface area contributed by atoms with Gasteiger partial charge in [0.25, 0.3) is 0 Å². The normalized spacial score (nSPS) is 21.9. The lowest BCUT2D eigenvalue weighted by Crippen LogP contribution is -2.39. The van der Waals surface area contributed by atoms with E-state index >= 15 is 0 Å². The summed E-state index contributed by atoms with van der Waals surface area (Å²) in [6.07, 6.45) is 8.08. The van der Waals surface area contributed by atoms with Gasteiger partial charge >= 0.3 is 0 Å². The molecule has 4 heteroatoms. The first-order chi connectivity index (χ1) is 9.12. The third-order valence-corrected chi connectivity index (χ3v) is 4.02. The van der Waals surface area contributed by atoms with E-state index in [1.807, 2.05) is 12.3 Å². The predicted molar refractivity (Wildman–Crippen MR) is 80.5 cm³/mol. The lowest BCUT2D eigenvalue weighted by atomic mass is 9.73. The topological polar surface area (TPSA) is 49.8 Å². The molecule has 1 saturated carbocycles. The Bertz CT molecular complexity index is 403. The zero-order chi connectivity index (χ0) is 13.7. The van der Waals surface area contributed by atoms with Crippen molar-refractivity contribution in [3.05, 3.63) is 12.3 Å². The molecule has 1 fully saturated rings. The Hall–Kier alpha value is -1.32. The fraction of sp³-hybridized carbons (Fsp3) is 0.733. The molecule has 0 spiro atoms. The van der Waals surface area contributed by atoms with Crippen molar-refractivity contribution in [1.29, 1.82) is 0 Å². The van der Waals surface area contributed by atoms with Crippen LogP contribution in [0.4, 0.5) is 11.8 Å². The predicted octanol–water partition coefficient (Wildman–Crippen LogP) is 3.68. The zero-order valence-corrected chi connectivity index (χ0v) is 12.4. The van der Waals surface area contributed by atoms with E-state index in [1.54, 1.807) is 0 Å². The third-order valence-electron chi connectivity index (χ3n) is 4.02. The van der Waals surface area contributed by atoms with Gasteiger partial charge < -0.3 is 10.6 Å². The van der Waals surface area contributed by atoms with Gasteiger partial charge in [-0.05, 0) is 30.7 Å². The molecule has 2 N–H and O–H groups in total. The minimum atomic E-state index is 0.347. The van der Waals surface area contributed by atoms with E-state index in [4.69, 9.17) is 0 Å². The average molecular weight is 262 g/mol. The van der Waals surface area contributed by atoms with Crippen LogP contribution in [-0.2, 0) is 0 Å². The fourth-order valence-electron chi connectivity index (χ4n) is 2.70. The first kappa shape index (κ1) is 14.1. The van der Waals surface area contributed by atoms with Gasteiger partial charge in [0.2, 0.25) is 5.95 Å². The fourth-order valence-corrected chi connectivity index (χ4v) is 2.70. The molecule has 1 atom stereocenters. The van der Waals surface area contributed by atoms with Crippen molar-refractivity contribution in [2.75, 3.05) is 17.2 Å². The Morgan fingerprint density at radius 1 is 1.37 bits per heavy atom. The zero-order valence-electron chi connectivity index (χ0n) is 12.4. The summed E-state index contributed by atoms with van der Waals surface area (Å²) >= 11 is 0. The van der Waals surface area contributed by atoms with Crippen molar-refractivity contribution in [1.82, 2.24) is 9.97 Å². The van der Waals surface area contributed by atoms with Gasteiger partial charge in [0.05, 0.1) is 0 Å². The Morgan fingerprint density at radius 3 is 2.95 bits per heavy atom. The number of hydrogen-bond acceptors (Lipinski definition) is 4. The highest BCUT2D eigenvalue weighted by molar-refractivity contribution is 5.40. The summed E-state index contributed by atoms with van der Waals surface area (Å²) in [5.41, 5.74) is 0.347. The lowest BCUT2D eigenvalue weighted by Gasteiger charge is -2.39.